The van der Waals surface area contributed by atoms with Crippen molar-refractivity contribution in [3.8, 4) is 0 Å². The lowest BCUT2D eigenvalue weighted by molar-refractivity contribution is 1.24. The smallest absolute Gasteiger partial charge is 0.0888 e. The fraction of sp³-hybridized carbons (Fsp3) is 0.0667. The Morgan fingerprint density at radius 2 is 0.857 bits per heavy atom. The van der Waals surface area contributed by atoms with Gasteiger partial charge in [-0.1, -0.05) is 118 Å². The maximum absolute atomic E-state index is 5.68. The number of hydrogen-bond donors (Lipinski definition) is 0. The van der Waals surface area contributed by atoms with Gasteiger partial charge in [-0.2, -0.15) is 0 Å². The van der Waals surface area contributed by atoms with E-state index in [0.29, 0.717) is 0 Å². The molecule has 110 valence electrons. The molecule has 0 fully saturated rings. The van der Waals surface area contributed by atoms with Crippen LogP contribution in [0, 0.1) is 0 Å². The Bertz CT molecular complexity index is 638. The molecule has 2 aromatic rings. The molecule has 0 spiro atoms. The molecule has 0 nitrogen and oxygen atoms in total. The molecule has 0 unspecified atom stereocenters. The molecule has 0 amide bonds. The second-order valence-electron chi connectivity index (χ2n) is 4.18. The number of rotatable bonds is 0. The third-order valence-corrected chi connectivity index (χ3v) is 5.92. The molecule has 0 N–H and O–H groups in total. The molecule has 0 heterocycles. The number of alkyl halides is 2. The lowest BCUT2D eigenvalue weighted by Gasteiger charge is -2.11. The quantitative estimate of drug-likeness (QED) is 0.404. The monoisotopic (exact) mass is 398 g/mol. The van der Waals surface area contributed by atoms with Gasteiger partial charge < -0.3 is 0 Å². The zero-order valence-corrected chi connectivity index (χ0v) is 14.9. The second-order valence-corrected chi connectivity index (χ2v) is 7.02. The van der Waals surface area contributed by atoms with Crippen LogP contribution in [0.5, 0.6) is 0 Å². The number of halogens is 6. The first-order valence-corrected chi connectivity index (χ1v) is 8.06. The summed E-state index contributed by atoms with van der Waals surface area (Å²) in [4.78, 5) is 0. The number of allylic oxidation sites excluding steroid dienone is 4. The third-order valence-electron chi connectivity index (χ3n) is 2.79. The minimum atomic E-state index is -1.47. The standard InChI is InChI=1S/C10H8.C5Cl6/c1-2-6-10-8-4-3-7-9(10)5-1;6-1-2(7)4(9)5(10,11)3(1)8/h1-8H;. The van der Waals surface area contributed by atoms with Gasteiger partial charge in [-0.05, 0) is 10.8 Å². The highest BCUT2D eigenvalue weighted by Crippen LogP contribution is 2.53. The van der Waals surface area contributed by atoms with Crippen molar-refractivity contribution in [2.75, 3.05) is 0 Å². The highest BCUT2D eigenvalue weighted by molar-refractivity contribution is 6.67. The molecule has 21 heavy (non-hydrogen) atoms. The lowest BCUT2D eigenvalue weighted by atomic mass is 10.1. The van der Waals surface area contributed by atoms with Gasteiger partial charge in [0.15, 0.2) is 4.33 Å². The van der Waals surface area contributed by atoms with Crippen molar-refractivity contribution in [1.82, 2.24) is 0 Å². The molecular formula is C15H8Cl6. The predicted molar refractivity (Wildman–Crippen MR) is 95.8 cm³/mol. The van der Waals surface area contributed by atoms with Crippen molar-refractivity contribution >= 4 is 80.4 Å². The van der Waals surface area contributed by atoms with Crippen LogP contribution in [0.2, 0.25) is 0 Å². The Morgan fingerprint density at radius 1 is 0.571 bits per heavy atom. The fourth-order valence-corrected chi connectivity index (χ4v) is 3.26. The van der Waals surface area contributed by atoms with E-state index in [0.717, 1.165) is 0 Å². The average molecular weight is 401 g/mol. The van der Waals surface area contributed by atoms with Gasteiger partial charge in [0.25, 0.3) is 0 Å². The minimum Gasteiger partial charge on any atom is -0.0888 e. The molecule has 0 aromatic heterocycles. The molecule has 0 radical (unpaired) electrons. The summed E-state index contributed by atoms with van der Waals surface area (Å²) in [6, 6.07) is 16.7. The van der Waals surface area contributed by atoms with Gasteiger partial charge in [0.1, 0.15) is 0 Å². The lowest BCUT2D eigenvalue weighted by Crippen LogP contribution is -2.09. The summed E-state index contributed by atoms with van der Waals surface area (Å²) in [7, 11) is 0. The summed E-state index contributed by atoms with van der Waals surface area (Å²) >= 11 is 33.8. The maximum atomic E-state index is 5.68. The molecule has 6 heteroatoms. The van der Waals surface area contributed by atoms with Crippen molar-refractivity contribution in [3.63, 3.8) is 0 Å². The Kier molecular flexibility index (Phi) is 5.76. The van der Waals surface area contributed by atoms with Gasteiger partial charge in [0.05, 0.1) is 20.1 Å². The molecule has 1 aliphatic rings. The van der Waals surface area contributed by atoms with Crippen LogP contribution in [-0.2, 0) is 0 Å². The Hall–Kier alpha value is -0.0800. The van der Waals surface area contributed by atoms with Crippen LogP contribution in [0.1, 0.15) is 0 Å². The van der Waals surface area contributed by atoms with Crippen LogP contribution in [-0.4, -0.2) is 4.33 Å². The van der Waals surface area contributed by atoms with Crippen LogP contribution in [0.25, 0.3) is 10.8 Å². The van der Waals surface area contributed by atoms with E-state index < -0.39 is 4.33 Å². The van der Waals surface area contributed by atoms with Gasteiger partial charge >= 0.3 is 0 Å². The van der Waals surface area contributed by atoms with E-state index >= 15 is 0 Å². The maximum Gasteiger partial charge on any atom is 0.191 e. The first-order valence-electron chi connectivity index (χ1n) is 5.79. The first-order chi connectivity index (χ1) is 9.85. The van der Waals surface area contributed by atoms with E-state index in [4.69, 9.17) is 69.6 Å². The van der Waals surface area contributed by atoms with Crippen LogP contribution >= 0.6 is 69.6 Å². The van der Waals surface area contributed by atoms with Crippen LogP contribution in [0.3, 0.4) is 0 Å². The molecule has 1 aliphatic carbocycles. The van der Waals surface area contributed by atoms with Gasteiger partial charge in [0.2, 0.25) is 0 Å². The number of fused-ring (bicyclic) bond motifs is 1. The van der Waals surface area contributed by atoms with Crippen LogP contribution < -0.4 is 0 Å². The summed E-state index contributed by atoms with van der Waals surface area (Å²) in [5.74, 6) is 0. The highest BCUT2D eigenvalue weighted by atomic mass is 35.5. The molecule has 0 saturated carbocycles. The zero-order valence-electron chi connectivity index (χ0n) is 10.4. The zero-order chi connectivity index (χ0) is 15.6. The summed E-state index contributed by atoms with van der Waals surface area (Å²) in [5, 5.41) is 2.90. The number of benzene rings is 2. The van der Waals surface area contributed by atoms with Crippen molar-refractivity contribution in [2.45, 2.75) is 4.33 Å². The van der Waals surface area contributed by atoms with Gasteiger partial charge in [-0.25, -0.2) is 0 Å². The normalized spacial score (nSPS) is 17.0. The van der Waals surface area contributed by atoms with Crippen molar-refractivity contribution in [1.29, 1.82) is 0 Å². The Labute approximate surface area is 152 Å². The van der Waals surface area contributed by atoms with Gasteiger partial charge in [-0.15, -0.1) is 0 Å². The second kappa shape index (κ2) is 7.00. The summed E-state index contributed by atoms with van der Waals surface area (Å²) in [5.41, 5.74) is 0. The van der Waals surface area contributed by atoms with E-state index in [1.807, 2.05) is 0 Å². The third kappa shape index (κ3) is 3.64. The molecular weight excluding hydrogens is 393 g/mol. The van der Waals surface area contributed by atoms with Crippen molar-refractivity contribution < 1.29 is 0 Å². The Morgan fingerprint density at radius 3 is 1.05 bits per heavy atom. The average Bonchev–Trinajstić information content (AvgIpc) is 2.64. The molecule has 2 aromatic carbocycles. The topological polar surface area (TPSA) is 0 Å². The van der Waals surface area contributed by atoms with E-state index in [1.54, 1.807) is 0 Å². The summed E-state index contributed by atoms with van der Waals surface area (Å²) in [6.07, 6.45) is 0. The fourth-order valence-electron chi connectivity index (χ4n) is 1.70. The molecule has 0 aliphatic heterocycles. The van der Waals surface area contributed by atoms with Crippen LogP contribution in [0.15, 0.2) is 68.7 Å². The first kappa shape index (κ1) is 17.3. The van der Waals surface area contributed by atoms with Crippen molar-refractivity contribution in [2.24, 2.45) is 0 Å². The highest BCUT2D eigenvalue weighted by Gasteiger charge is 2.42. The van der Waals surface area contributed by atoms with Crippen molar-refractivity contribution in [3.05, 3.63) is 68.7 Å². The molecule has 0 saturated heterocycles. The van der Waals surface area contributed by atoms with Gasteiger partial charge in [0, 0.05) is 0 Å². The summed E-state index contributed by atoms with van der Waals surface area (Å²) < 4.78 is -1.47. The van der Waals surface area contributed by atoms with E-state index in [9.17, 15) is 0 Å². The SMILES string of the molecule is ClC1=C(Cl)C(Cl)(Cl)C(Cl)=C1Cl.c1ccc2ccccc2c1. The van der Waals surface area contributed by atoms with E-state index in [1.165, 1.54) is 10.8 Å². The minimum absolute atomic E-state index is 0.0394. The predicted octanol–water partition coefficient (Wildman–Crippen LogP) is 7.39. The molecule has 3 rings (SSSR count). The van der Waals surface area contributed by atoms with E-state index in [-0.39, 0.29) is 20.1 Å². The Balaban J connectivity index is 0.000000154. The van der Waals surface area contributed by atoms with Gasteiger partial charge in [-0.3, -0.25) is 0 Å². The number of hydrogen-bond acceptors (Lipinski definition) is 0. The molecule has 0 bridgehead atoms. The molecule has 0 atom stereocenters. The largest absolute Gasteiger partial charge is 0.191 e. The van der Waals surface area contributed by atoms with Crippen LogP contribution in [0.4, 0.5) is 0 Å². The van der Waals surface area contributed by atoms with E-state index in [2.05, 4.69) is 48.5 Å². The summed E-state index contributed by atoms with van der Waals surface area (Å²) in [6.45, 7) is 0.